The number of nitrogens with one attached hydrogen (secondary N) is 2. The van der Waals surface area contributed by atoms with Crippen LogP contribution < -0.4 is 16.4 Å². The minimum absolute atomic E-state index is 0.0251. The number of aliphatic hydroxyl groups excluding tert-OH is 3. The van der Waals surface area contributed by atoms with Crippen LogP contribution in [0.15, 0.2) is 24.3 Å². The summed E-state index contributed by atoms with van der Waals surface area (Å²) in [6.45, 7) is 3.91. The largest absolute Gasteiger partial charge is 0.481 e. The molecule has 0 radical (unpaired) electrons. The summed E-state index contributed by atoms with van der Waals surface area (Å²) in [6.07, 6.45) is -6.43. The Hall–Kier alpha value is -2.74. The average Bonchev–Trinajstić information content (AvgIpc) is 3.64. The zero-order valence-electron chi connectivity index (χ0n) is 30.9. The maximum Gasteiger partial charge on any atom is 0.481 e. The number of phosphoric ester groups is 3. The summed E-state index contributed by atoms with van der Waals surface area (Å²) in [5.41, 5.74) is 5.09. The van der Waals surface area contributed by atoms with E-state index in [2.05, 4.69) is 34.4 Å². The van der Waals surface area contributed by atoms with Gasteiger partial charge in [-0.1, -0.05) is 37.3 Å². The number of fused-ring (bicyclic) bond motifs is 1. The third-order valence-corrected chi connectivity index (χ3v) is 11.7. The number of phosphoric acid groups is 3. The van der Waals surface area contributed by atoms with Gasteiger partial charge in [0.05, 0.1) is 25.6 Å². The molecule has 1 aliphatic rings. The lowest BCUT2D eigenvalue weighted by Crippen LogP contribution is -2.46. The van der Waals surface area contributed by atoms with Gasteiger partial charge in [0.1, 0.15) is 36.3 Å². The van der Waals surface area contributed by atoms with Crippen molar-refractivity contribution in [3.8, 4) is 0 Å². The van der Waals surface area contributed by atoms with Crippen molar-refractivity contribution in [2.75, 3.05) is 37.8 Å². The number of rotatable bonds is 22. The molecule has 322 valence electrons. The quantitative estimate of drug-likeness (QED) is 0.0400. The number of hydrogen-bond donors (Lipinski definition) is 10. The lowest BCUT2D eigenvalue weighted by molar-refractivity contribution is -0.137. The molecule has 0 aromatic carbocycles. The molecule has 2 aromatic heterocycles. The number of ether oxygens (including phenoxy) is 1. The highest BCUT2D eigenvalue weighted by Gasteiger charge is 2.50. The number of nitrogen functional groups attached to an aromatic ring is 1. The van der Waals surface area contributed by atoms with Gasteiger partial charge in [0.15, 0.2) is 22.8 Å². The molecule has 2 aromatic rings. The van der Waals surface area contributed by atoms with E-state index >= 15 is 0 Å². The van der Waals surface area contributed by atoms with Crippen molar-refractivity contribution in [1.29, 1.82) is 0 Å². The minimum atomic E-state index is -5.58. The third kappa shape index (κ3) is 15.4. The number of nitrogens with two attached hydrogens (primary N) is 1. The van der Waals surface area contributed by atoms with Crippen molar-refractivity contribution >= 4 is 69.1 Å². The molecule has 11 N–H and O–H groups in total. The van der Waals surface area contributed by atoms with Gasteiger partial charge in [0.25, 0.3) is 0 Å². The number of nitrogens with zero attached hydrogens (tertiary/aromatic N) is 4. The predicted octanol–water partition coefficient (Wildman–Crippen LogP) is -0.618. The molecule has 1 aliphatic heterocycles. The second kappa shape index (κ2) is 20.5. The highest BCUT2D eigenvalue weighted by molar-refractivity contribution is 8.13. The van der Waals surface area contributed by atoms with E-state index in [0.717, 1.165) is 34.6 Å². The van der Waals surface area contributed by atoms with E-state index < -0.39 is 90.7 Å². The van der Waals surface area contributed by atoms with E-state index in [4.69, 9.17) is 19.5 Å². The highest BCUT2D eigenvalue weighted by Crippen LogP contribution is 2.61. The molecule has 4 unspecified atom stereocenters. The summed E-state index contributed by atoms with van der Waals surface area (Å²) in [6, 6.07) is 0. The summed E-state index contributed by atoms with van der Waals surface area (Å²) >= 11 is 0.936. The monoisotopic (exact) mass is 893 g/mol. The number of carbonyl (C=O) groups is 3. The highest BCUT2D eigenvalue weighted by atomic mass is 32.2. The van der Waals surface area contributed by atoms with Gasteiger partial charge >= 0.3 is 23.5 Å². The number of allylic oxidation sites excluding steroid dienone is 1. The van der Waals surface area contributed by atoms with Crippen LogP contribution in [0, 0.1) is 5.41 Å². The molecule has 0 saturated carbocycles. The summed E-state index contributed by atoms with van der Waals surface area (Å²) in [7, 11) is -16.4. The first kappa shape index (κ1) is 48.6. The topological polar surface area (TPSA) is 384 Å². The standard InChI is InChI=1S/C28H46N7O18P3S/c1-15(2)9-16(36)10-19(38)57-8-7-30-18(37)5-6-31-26(41)23(40)28(3,4)12-50-56(47,48)53-55(45,46)49-11-17-22(52-54(42,43)44)21(39)27(51-17)35-14-34-20-24(29)32-13-33-25(20)35/h9,13-14,16-17,21-23,27,36,39-40H,5-8,10-12H2,1-4H3,(H,30,37)(H,31,41)(H,45,46)(H,47,48)(H2,29,32,33)(H2,42,43,44)/t16?,17-,21-,22-,23?,27-/m1/s1. The number of anilines is 1. The van der Waals surface area contributed by atoms with E-state index in [1.165, 1.54) is 13.8 Å². The van der Waals surface area contributed by atoms with E-state index in [9.17, 15) is 63.0 Å². The van der Waals surface area contributed by atoms with Crippen molar-refractivity contribution in [1.82, 2.24) is 30.2 Å². The second-order valence-electron chi connectivity index (χ2n) is 13.3. The molecule has 25 nitrogen and oxygen atoms in total. The van der Waals surface area contributed by atoms with Crippen LogP contribution in [-0.4, -0.2) is 134 Å². The van der Waals surface area contributed by atoms with Crippen LogP contribution in [0.2, 0.25) is 0 Å². The molecule has 57 heavy (non-hydrogen) atoms. The Morgan fingerprint density at radius 2 is 1.72 bits per heavy atom. The first-order valence-corrected chi connectivity index (χ1v) is 22.2. The number of hydrogen-bond acceptors (Lipinski definition) is 19. The van der Waals surface area contributed by atoms with Crippen molar-refractivity contribution in [2.24, 2.45) is 5.41 Å². The van der Waals surface area contributed by atoms with Crippen LogP contribution in [-0.2, 0) is 50.7 Å². The first-order chi connectivity index (χ1) is 26.3. The van der Waals surface area contributed by atoms with Crippen molar-refractivity contribution in [2.45, 2.75) is 77.3 Å². The number of thioether (sulfide) groups is 1. The van der Waals surface area contributed by atoms with Gasteiger partial charge in [0.2, 0.25) is 11.8 Å². The van der Waals surface area contributed by atoms with Crippen molar-refractivity contribution < 1.29 is 85.6 Å². The van der Waals surface area contributed by atoms with Gasteiger partial charge in [-0.25, -0.2) is 28.6 Å². The molecule has 29 heteroatoms. The maximum absolute atomic E-state index is 12.7. The Kier molecular flexibility index (Phi) is 17.5. The molecule has 0 bridgehead atoms. The predicted molar refractivity (Wildman–Crippen MR) is 197 cm³/mol. The van der Waals surface area contributed by atoms with Crippen LogP contribution in [0.3, 0.4) is 0 Å². The third-order valence-electron chi connectivity index (χ3n) is 7.67. The number of carbonyl (C=O) groups excluding carboxylic acids is 3. The number of amides is 2. The first-order valence-electron chi connectivity index (χ1n) is 16.7. The molecule has 8 atom stereocenters. The van der Waals surface area contributed by atoms with Crippen molar-refractivity contribution in [3.05, 3.63) is 24.3 Å². The van der Waals surface area contributed by atoms with Gasteiger partial charge in [0, 0.05) is 37.1 Å². The Bertz CT molecular complexity index is 1910. The fourth-order valence-electron chi connectivity index (χ4n) is 4.97. The lowest BCUT2D eigenvalue weighted by Gasteiger charge is -2.30. The van der Waals surface area contributed by atoms with Crippen molar-refractivity contribution in [3.63, 3.8) is 0 Å². The average molecular weight is 894 g/mol. The van der Waals surface area contributed by atoms with Gasteiger partial charge in [-0.3, -0.25) is 32.5 Å². The Morgan fingerprint density at radius 1 is 1.05 bits per heavy atom. The van der Waals surface area contributed by atoms with E-state index in [-0.39, 0.29) is 53.8 Å². The van der Waals surface area contributed by atoms with Crippen LogP contribution in [0.1, 0.15) is 46.8 Å². The number of aromatic nitrogens is 4. The molecule has 1 fully saturated rings. The van der Waals surface area contributed by atoms with Gasteiger partial charge in [-0.15, -0.1) is 0 Å². The van der Waals surface area contributed by atoms with Crippen LogP contribution in [0.4, 0.5) is 5.82 Å². The van der Waals surface area contributed by atoms with Crippen LogP contribution in [0.25, 0.3) is 11.2 Å². The zero-order valence-corrected chi connectivity index (χ0v) is 34.4. The zero-order chi connectivity index (χ0) is 42.9. The SMILES string of the molecule is CC(C)=CC(O)CC(=O)SCCNC(=O)CCNC(=O)C(O)C(C)(C)COP(=O)(O)OP(=O)(O)OC[C@H]1O[C@@H](n2cnc3c(N)ncnc32)[C@H](O)[C@@H]1OP(=O)(O)O. The fourth-order valence-corrected chi connectivity index (χ4v) is 8.52. The fraction of sp³-hybridized carbons (Fsp3) is 0.643. The molecular weight excluding hydrogens is 847 g/mol. The Balaban J connectivity index is 1.47. The molecular formula is C28H46N7O18P3S. The smallest absolute Gasteiger partial charge is 0.389 e. The molecule has 3 rings (SSSR count). The number of aliphatic hydroxyl groups is 3. The second-order valence-corrected chi connectivity index (χ2v) is 18.7. The summed E-state index contributed by atoms with van der Waals surface area (Å²) in [5, 5.41) is 35.8. The van der Waals surface area contributed by atoms with E-state index in [1.54, 1.807) is 19.9 Å². The van der Waals surface area contributed by atoms with Gasteiger partial charge in [-0.05, 0) is 13.8 Å². The van der Waals surface area contributed by atoms with E-state index in [1.807, 2.05) is 0 Å². The molecule has 0 aliphatic carbocycles. The van der Waals surface area contributed by atoms with Gasteiger partial charge < -0.3 is 56.0 Å². The summed E-state index contributed by atoms with van der Waals surface area (Å²) < 4.78 is 62.1. The van der Waals surface area contributed by atoms with Crippen LogP contribution >= 0.6 is 35.2 Å². The molecule has 0 spiro atoms. The Labute approximate surface area is 329 Å². The van der Waals surface area contributed by atoms with Gasteiger partial charge in [-0.2, -0.15) is 4.31 Å². The van der Waals surface area contributed by atoms with Crippen LogP contribution in [0.5, 0.6) is 0 Å². The maximum atomic E-state index is 12.7. The number of imidazole rings is 1. The Morgan fingerprint density at radius 3 is 2.37 bits per heavy atom. The summed E-state index contributed by atoms with van der Waals surface area (Å²) in [4.78, 5) is 87.5. The minimum Gasteiger partial charge on any atom is -0.389 e. The normalized spacial score (nSPS) is 21.9. The van der Waals surface area contributed by atoms with E-state index in [0.29, 0.717) is 0 Å². The molecule has 3 heterocycles. The lowest BCUT2D eigenvalue weighted by atomic mass is 9.87. The summed E-state index contributed by atoms with van der Waals surface area (Å²) in [5.74, 6) is -1.28. The molecule has 2 amide bonds. The molecule has 1 saturated heterocycles.